The van der Waals surface area contributed by atoms with E-state index in [1.54, 1.807) is 12.1 Å². The van der Waals surface area contributed by atoms with Crippen LogP contribution in [0.4, 0.5) is 23.2 Å². The molecule has 0 bridgehead atoms. The van der Waals surface area contributed by atoms with Gasteiger partial charge in [0, 0.05) is 11.0 Å². The number of ether oxygens (including phenoxy) is 2. The maximum absolute atomic E-state index is 12.6. The lowest BCUT2D eigenvalue weighted by molar-refractivity contribution is -0.111. The fraction of sp³-hybridized carbons (Fsp3) is 0.167. The number of alkyl halides is 4. The molecule has 2 aromatic rings. The number of anilines is 1. The summed E-state index contributed by atoms with van der Waals surface area (Å²) in [4.78, 5) is 12.3. The second-order valence-corrected chi connectivity index (χ2v) is 6.02. The minimum absolute atomic E-state index is 0.0801. The third-order valence-electron chi connectivity index (χ3n) is 3.19. The molecular weight excluding hydrogens is 386 g/mol. The summed E-state index contributed by atoms with van der Waals surface area (Å²) in [5.41, 5.74) is 0.759. The number of nitrogens with one attached hydrogen (secondary N) is 1. The van der Waals surface area contributed by atoms with Crippen molar-refractivity contribution < 1.29 is 31.8 Å². The van der Waals surface area contributed by atoms with E-state index in [-0.39, 0.29) is 22.1 Å². The van der Waals surface area contributed by atoms with Gasteiger partial charge in [0.1, 0.15) is 0 Å². The first-order valence-electron chi connectivity index (χ1n) is 7.55. The second kappa shape index (κ2) is 9.86. The third-order valence-corrected chi connectivity index (χ3v) is 3.98. The summed E-state index contributed by atoms with van der Waals surface area (Å²) in [6.45, 7) is -2.99. The Bertz CT molecular complexity index is 815. The number of halogens is 4. The Morgan fingerprint density at radius 2 is 1.85 bits per heavy atom. The largest absolute Gasteiger partial charge is 0.493 e. The van der Waals surface area contributed by atoms with Crippen LogP contribution in [0.5, 0.6) is 11.5 Å². The number of rotatable bonds is 8. The number of hydrogen-bond donors (Lipinski definition) is 1. The number of amides is 1. The molecule has 0 heterocycles. The van der Waals surface area contributed by atoms with Crippen molar-refractivity contribution in [2.45, 2.75) is 17.3 Å². The average molecular weight is 401 g/mol. The molecule has 0 radical (unpaired) electrons. The van der Waals surface area contributed by atoms with Crippen LogP contribution in [0.3, 0.4) is 0 Å². The lowest BCUT2D eigenvalue weighted by Crippen LogP contribution is -2.08. The van der Waals surface area contributed by atoms with E-state index in [2.05, 4.69) is 10.1 Å². The highest BCUT2D eigenvalue weighted by Crippen LogP contribution is 2.32. The Labute approximate surface area is 157 Å². The van der Waals surface area contributed by atoms with Gasteiger partial charge in [-0.3, -0.25) is 4.79 Å². The Morgan fingerprint density at radius 3 is 2.52 bits per heavy atom. The van der Waals surface area contributed by atoms with E-state index >= 15 is 0 Å². The molecule has 0 aromatic heterocycles. The van der Waals surface area contributed by atoms with Crippen LogP contribution in [0.25, 0.3) is 6.08 Å². The first kappa shape index (κ1) is 20.6. The smallest absolute Gasteiger partial charge is 0.387 e. The Hall–Kier alpha value is -2.68. The third kappa shape index (κ3) is 6.52. The molecule has 0 saturated carbocycles. The minimum atomic E-state index is -2.99. The highest BCUT2D eigenvalue weighted by molar-refractivity contribution is 7.99. The molecule has 144 valence electrons. The Kier molecular flexibility index (Phi) is 7.54. The molecule has 0 atom stereocenters. The zero-order valence-electron chi connectivity index (χ0n) is 14.0. The molecule has 2 aromatic carbocycles. The number of benzene rings is 2. The molecule has 9 heteroatoms. The van der Waals surface area contributed by atoms with Gasteiger partial charge in [-0.2, -0.15) is 17.6 Å². The predicted octanol–water partition coefficient (Wildman–Crippen LogP) is 5.26. The number of carbonyl (C=O) groups excluding carboxylic acids is 1. The van der Waals surface area contributed by atoms with Gasteiger partial charge in [0.05, 0.1) is 12.8 Å². The Balaban J connectivity index is 2.09. The minimum Gasteiger partial charge on any atom is -0.493 e. The molecule has 0 fully saturated rings. The summed E-state index contributed by atoms with van der Waals surface area (Å²) < 4.78 is 59.0. The normalized spacial score (nSPS) is 11.2. The molecule has 0 unspecified atom stereocenters. The van der Waals surface area contributed by atoms with Crippen LogP contribution in [0, 0.1) is 0 Å². The highest BCUT2D eigenvalue weighted by Gasteiger charge is 2.12. The van der Waals surface area contributed by atoms with E-state index in [1.165, 1.54) is 49.6 Å². The lowest BCUT2D eigenvalue weighted by Gasteiger charge is -2.10. The Morgan fingerprint density at radius 1 is 1.11 bits per heavy atom. The molecule has 0 aliphatic carbocycles. The first-order valence-corrected chi connectivity index (χ1v) is 8.42. The number of para-hydroxylation sites is 1. The van der Waals surface area contributed by atoms with Crippen LogP contribution in [-0.4, -0.2) is 25.4 Å². The summed E-state index contributed by atoms with van der Waals surface area (Å²) in [5, 5.41) is 2.52. The van der Waals surface area contributed by atoms with Crippen LogP contribution in [-0.2, 0) is 4.79 Å². The van der Waals surface area contributed by atoms with Crippen molar-refractivity contribution in [1.82, 2.24) is 0 Å². The predicted molar refractivity (Wildman–Crippen MR) is 95.6 cm³/mol. The van der Waals surface area contributed by atoms with Gasteiger partial charge in [-0.05, 0) is 35.9 Å². The zero-order valence-corrected chi connectivity index (χ0v) is 14.8. The molecule has 4 nitrogen and oxygen atoms in total. The van der Waals surface area contributed by atoms with Crippen molar-refractivity contribution in [3.8, 4) is 11.5 Å². The molecule has 0 aliphatic heterocycles. The van der Waals surface area contributed by atoms with E-state index in [4.69, 9.17) is 4.74 Å². The fourth-order valence-corrected chi connectivity index (χ4v) is 2.69. The highest BCUT2D eigenvalue weighted by atomic mass is 32.2. The van der Waals surface area contributed by atoms with Crippen molar-refractivity contribution in [3.05, 3.63) is 54.1 Å². The van der Waals surface area contributed by atoms with E-state index in [1.807, 2.05) is 0 Å². The topological polar surface area (TPSA) is 47.6 Å². The zero-order chi connectivity index (χ0) is 19.8. The molecule has 1 N–H and O–H groups in total. The van der Waals surface area contributed by atoms with Gasteiger partial charge < -0.3 is 14.8 Å². The number of thioether (sulfide) groups is 1. The van der Waals surface area contributed by atoms with Crippen molar-refractivity contribution in [2.75, 3.05) is 12.4 Å². The summed E-state index contributed by atoms with van der Waals surface area (Å²) >= 11 is 0.329. The van der Waals surface area contributed by atoms with Gasteiger partial charge in [-0.15, -0.1) is 0 Å². The molecule has 1 amide bonds. The molecule has 0 spiro atoms. The first-order chi connectivity index (χ1) is 12.9. The standard InChI is InChI=1S/C18H15F4NO3S/c1-25-14-10-11(6-8-13(14)26-17(19)20)7-9-16(24)23-12-4-2-3-5-15(12)27-18(21)22/h2-10,17-18H,1H3,(H,23,24)/b9-7+. The monoisotopic (exact) mass is 401 g/mol. The summed E-state index contributed by atoms with van der Waals surface area (Å²) in [6, 6.07) is 10.4. The van der Waals surface area contributed by atoms with Crippen molar-refractivity contribution in [2.24, 2.45) is 0 Å². The number of carbonyl (C=O) groups is 1. The molecule has 2 rings (SSSR count). The van der Waals surface area contributed by atoms with Crippen LogP contribution >= 0.6 is 11.8 Å². The van der Waals surface area contributed by atoms with Crippen molar-refractivity contribution in [1.29, 1.82) is 0 Å². The van der Waals surface area contributed by atoms with E-state index in [9.17, 15) is 22.4 Å². The van der Waals surface area contributed by atoms with Gasteiger partial charge in [-0.25, -0.2) is 0 Å². The van der Waals surface area contributed by atoms with E-state index < -0.39 is 18.3 Å². The van der Waals surface area contributed by atoms with Crippen LogP contribution < -0.4 is 14.8 Å². The van der Waals surface area contributed by atoms with Gasteiger partial charge in [0.15, 0.2) is 11.5 Å². The van der Waals surface area contributed by atoms with Gasteiger partial charge in [0.2, 0.25) is 5.91 Å². The molecule has 0 saturated heterocycles. The average Bonchev–Trinajstić information content (AvgIpc) is 2.61. The fourth-order valence-electron chi connectivity index (χ4n) is 2.10. The van der Waals surface area contributed by atoms with E-state index in [0.29, 0.717) is 17.3 Å². The van der Waals surface area contributed by atoms with Gasteiger partial charge in [-0.1, -0.05) is 30.0 Å². The SMILES string of the molecule is COc1cc(/C=C/C(=O)Nc2ccccc2SC(F)F)ccc1OC(F)F. The second-order valence-electron chi connectivity index (χ2n) is 4.99. The van der Waals surface area contributed by atoms with Gasteiger partial charge >= 0.3 is 6.61 Å². The number of hydrogen-bond acceptors (Lipinski definition) is 4. The maximum Gasteiger partial charge on any atom is 0.387 e. The van der Waals surface area contributed by atoms with Crippen LogP contribution in [0.2, 0.25) is 0 Å². The van der Waals surface area contributed by atoms with Gasteiger partial charge in [0.25, 0.3) is 5.76 Å². The van der Waals surface area contributed by atoms with Crippen LogP contribution in [0.15, 0.2) is 53.4 Å². The van der Waals surface area contributed by atoms with Crippen LogP contribution in [0.1, 0.15) is 5.56 Å². The summed E-state index contributed by atoms with van der Waals surface area (Å²) in [5.74, 6) is -3.20. The molecule has 27 heavy (non-hydrogen) atoms. The quantitative estimate of drug-likeness (QED) is 0.372. The summed E-state index contributed by atoms with van der Waals surface area (Å²) in [6.07, 6.45) is 2.61. The molecular formula is C18H15F4NO3S. The maximum atomic E-state index is 12.6. The lowest BCUT2D eigenvalue weighted by atomic mass is 10.2. The number of methoxy groups -OCH3 is 1. The van der Waals surface area contributed by atoms with Crippen molar-refractivity contribution in [3.63, 3.8) is 0 Å². The van der Waals surface area contributed by atoms with Crippen molar-refractivity contribution >= 4 is 29.4 Å². The molecule has 0 aliphatic rings. The summed E-state index contributed by atoms with van der Waals surface area (Å²) in [7, 11) is 1.30. The van der Waals surface area contributed by atoms with E-state index in [0.717, 1.165) is 0 Å².